The summed E-state index contributed by atoms with van der Waals surface area (Å²) in [6, 6.07) is 0.364. The van der Waals surface area contributed by atoms with Crippen molar-refractivity contribution >= 4 is 11.8 Å². The molecule has 0 N–H and O–H groups in total. The number of hydrogen-bond donors (Lipinski definition) is 0. The van der Waals surface area contributed by atoms with Gasteiger partial charge in [-0.2, -0.15) is 0 Å². The summed E-state index contributed by atoms with van der Waals surface area (Å²) in [4.78, 5) is 25.2. The summed E-state index contributed by atoms with van der Waals surface area (Å²) in [7, 11) is 0. The van der Waals surface area contributed by atoms with Crippen LogP contribution in [0.5, 0.6) is 0 Å². The van der Waals surface area contributed by atoms with E-state index in [1.807, 2.05) is 0 Å². The van der Waals surface area contributed by atoms with Crippen LogP contribution in [-0.2, 0) is 14.3 Å². The summed E-state index contributed by atoms with van der Waals surface area (Å²) in [6.45, 7) is 9.92. The Balaban J connectivity index is 3.99. The van der Waals surface area contributed by atoms with Crippen LogP contribution in [0.25, 0.3) is 0 Å². The van der Waals surface area contributed by atoms with Crippen molar-refractivity contribution in [2.45, 2.75) is 65.8 Å². The Morgan fingerprint density at radius 1 is 1.11 bits per heavy atom. The summed E-state index contributed by atoms with van der Waals surface area (Å²) in [5.74, 6) is -0.156. The lowest BCUT2D eigenvalue weighted by molar-refractivity contribution is -0.144. The molecule has 0 aromatic carbocycles. The van der Waals surface area contributed by atoms with Gasteiger partial charge in [0, 0.05) is 12.5 Å². The molecule has 0 aromatic heterocycles. The molecule has 19 heavy (non-hydrogen) atoms. The molecule has 0 fully saturated rings. The molecule has 0 aliphatic rings. The van der Waals surface area contributed by atoms with Crippen LogP contribution in [0.4, 0.5) is 0 Å². The molecule has 0 aliphatic heterocycles. The van der Waals surface area contributed by atoms with Gasteiger partial charge in [-0.3, -0.25) is 14.5 Å². The first-order valence-corrected chi connectivity index (χ1v) is 7.42. The molecule has 0 unspecified atom stereocenters. The second kappa shape index (κ2) is 11.0. The first-order chi connectivity index (χ1) is 9.01. The highest BCUT2D eigenvalue weighted by Crippen LogP contribution is 2.05. The Kier molecular flexibility index (Phi) is 10.5. The Morgan fingerprint density at radius 2 is 1.79 bits per heavy atom. The summed E-state index contributed by atoms with van der Waals surface area (Å²) in [5.41, 5.74) is 0. The van der Waals surface area contributed by atoms with Crippen molar-refractivity contribution in [1.82, 2.24) is 4.90 Å². The van der Waals surface area contributed by atoms with Gasteiger partial charge in [0.05, 0.1) is 19.6 Å². The zero-order valence-electron chi connectivity index (χ0n) is 12.9. The molecule has 4 heteroatoms. The monoisotopic (exact) mass is 271 g/mol. The van der Waals surface area contributed by atoms with E-state index in [1.165, 1.54) is 12.8 Å². The van der Waals surface area contributed by atoms with Gasteiger partial charge in [-0.05, 0) is 33.7 Å². The van der Waals surface area contributed by atoms with Gasteiger partial charge in [-0.25, -0.2) is 0 Å². The van der Waals surface area contributed by atoms with Gasteiger partial charge in [0.1, 0.15) is 5.78 Å². The third-order valence-electron chi connectivity index (χ3n) is 3.07. The molecule has 0 rings (SSSR count). The summed E-state index contributed by atoms with van der Waals surface area (Å²) < 4.78 is 4.82. The number of nitrogens with zero attached hydrogens (tertiary/aromatic N) is 1. The fourth-order valence-electron chi connectivity index (χ4n) is 1.86. The van der Waals surface area contributed by atoms with Crippen LogP contribution < -0.4 is 0 Å². The van der Waals surface area contributed by atoms with Gasteiger partial charge in [-0.15, -0.1) is 0 Å². The molecule has 0 saturated heterocycles. The van der Waals surface area contributed by atoms with E-state index in [0.717, 1.165) is 13.0 Å². The summed E-state index contributed by atoms with van der Waals surface area (Å²) in [5, 5.41) is 0. The molecule has 0 saturated carbocycles. The molecule has 0 heterocycles. The van der Waals surface area contributed by atoms with E-state index >= 15 is 0 Å². The number of ketones is 1. The number of carbonyl (C=O) groups excluding carboxylic acids is 2. The largest absolute Gasteiger partial charge is 0.466 e. The van der Waals surface area contributed by atoms with Crippen molar-refractivity contribution in [2.24, 2.45) is 0 Å². The first kappa shape index (κ1) is 18.1. The Morgan fingerprint density at radius 3 is 2.32 bits per heavy atom. The molecular weight excluding hydrogens is 242 g/mol. The average molecular weight is 271 g/mol. The highest BCUT2D eigenvalue weighted by Gasteiger charge is 2.14. The van der Waals surface area contributed by atoms with Crippen LogP contribution in [0.3, 0.4) is 0 Å². The highest BCUT2D eigenvalue weighted by molar-refractivity contribution is 5.84. The number of hydrogen-bond acceptors (Lipinski definition) is 4. The van der Waals surface area contributed by atoms with Crippen molar-refractivity contribution < 1.29 is 14.3 Å². The van der Waals surface area contributed by atoms with Crippen LogP contribution >= 0.6 is 0 Å². The van der Waals surface area contributed by atoms with E-state index in [1.54, 1.807) is 6.92 Å². The molecule has 112 valence electrons. The Hall–Kier alpha value is -0.900. The van der Waals surface area contributed by atoms with Crippen molar-refractivity contribution in [2.75, 3.05) is 19.7 Å². The minimum atomic E-state index is -0.280. The smallest absolute Gasteiger partial charge is 0.306 e. The molecular formula is C15H29NO3. The molecule has 0 bridgehead atoms. The third kappa shape index (κ3) is 9.65. The Bertz CT molecular complexity index is 264. The van der Waals surface area contributed by atoms with Crippen LogP contribution in [0.15, 0.2) is 0 Å². The first-order valence-electron chi connectivity index (χ1n) is 7.42. The number of Topliss-reactive ketones (excluding diaryl/α,β-unsaturated/α-hetero) is 1. The second-order valence-electron chi connectivity index (χ2n) is 5.12. The predicted octanol–water partition coefficient (Wildman–Crippen LogP) is 2.80. The maximum absolute atomic E-state index is 11.8. The number of rotatable bonds is 11. The van der Waals surface area contributed by atoms with E-state index in [9.17, 15) is 9.59 Å². The van der Waals surface area contributed by atoms with Crippen LogP contribution in [0.1, 0.15) is 59.8 Å². The molecule has 4 nitrogen and oxygen atoms in total. The number of esters is 1. The maximum atomic E-state index is 11.8. The number of ether oxygens (including phenoxy) is 1. The molecule has 0 spiro atoms. The van der Waals surface area contributed by atoms with Gasteiger partial charge in [0.2, 0.25) is 0 Å². The van der Waals surface area contributed by atoms with Crippen molar-refractivity contribution in [1.29, 1.82) is 0 Å². The van der Waals surface area contributed by atoms with Crippen molar-refractivity contribution in [3.05, 3.63) is 0 Å². The van der Waals surface area contributed by atoms with Crippen molar-refractivity contribution in [3.63, 3.8) is 0 Å². The fraction of sp³-hybridized carbons (Fsp3) is 0.867. The van der Waals surface area contributed by atoms with Gasteiger partial charge in [-0.1, -0.05) is 19.8 Å². The van der Waals surface area contributed by atoms with E-state index in [4.69, 9.17) is 4.74 Å². The van der Waals surface area contributed by atoms with Crippen LogP contribution in [0.2, 0.25) is 0 Å². The zero-order chi connectivity index (χ0) is 14.7. The molecule has 0 aromatic rings. The van der Waals surface area contributed by atoms with Crippen LogP contribution in [-0.4, -0.2) is 42.4 Å². The van der Waals surface area contributed by atoms with E-state index in [0.29, 0.717) is 19.2 Å². The van der Waals surface area contributed by atoms with Gasteiger partial charge >= 0.3 is 5.97 Å². The van der Waals surface area contributed by atoms with E-state index in [-0.39, 0.29) is 24.6 Å². The zero-order valence-corrected chi connectivity index (χ0v) is 12.9. The van der Waals surface area contributed by atoms with Gasteiger partial charge in [0.15, 0.2) is 0 Å². The fourth-order valence-corrected chi connectivity index (χ4v) is 1.86. The standard InChI is InChI=1S/C15H29NO3/c1-5-7-8-11-16(13(3)4)12-14(17)9-10-15(18)19-6-2/h13H,5-12H2,1-4H3. The highest BCUT2D eigenvalue weighted by atomic mass is 16.5. The van der Waals surface area contributed by atoms with Gasteiger partial charge < -0.3 is 4.74 Å². The maximum Gasteiger partial charge on any atom is 0.306 e. The van der Waals surface area contributed by atoms with Gasteiger partial charge in [0.25, 0.3) is 0 Å². The molecule has 0 radical (unpaired) electrons. The van der Waals surface area contributed by atoms with Crippen LogP contribution in [0, 0.1) is 0 Å². The second-order valence-corrected chi connectivity index (χ2v) is 5.12. The molecule has 0 amide bonds. The van der Waals surface area contributed by atoms with E-state index < -0.39 is 0 Å². The molecule has 0 aliphatic carbocycles. The average Bonchev–Trinajstić information content (AvgIpc) is 2.35. The molecule has 0 atom stereocenters. The summed E-state index contributed by atoms with van der Waals surface area (Å²) >= 11 is 0. The number of carbonyl (C=O) groups is 2. The Labute approximate surface area is 117 Å². The minimum Gasteiger partial charge on any atom is -0.466 e. The lowest BCUT2D eigenvalue weighted by atomic mass is 10.1. The SMILES string of the molecule is CCCCCN(CC(=O)CCC(=O)OCC)C(C)C. The number of unbranched alkanes of at least 4 members (excludes halogenated alkanes) is 2. The third-order valence-corrected chi connectivity index (χ3v) is 3.07. The van der Waals surface area contributed by atoms with Crippen molar-refractivity contribution in [3.8, 4) is 0 Å². The van der Waals surface area contributed by atoms with E-state index in [2.05, 4.69) is 25.7 Å². The lowest BCUT2D eigenvalue weighted by Gasteiger charge is -2.25. The topological polar surface area (TPSA) is 46.6 Å². The quantitative estimate of drug-likeness (QED) is 0.428. The lowest BCUT2D eigenvalue weighted by Crippen LogP contribution is -2.36. The minimum absolute atomic E-state index is 0.123. The predicted molar refractivity (Wildman–Crippen MR) is 77.1 cm³/mol. The normalized spacial score (nSPS) is 11.1. The summed E-state index contributed by atoms with van der Waals surface area (Å²) in [6.07, 6.45) is 3.99.